The summed E-state index contributed by atoms with van der Waals surface area (Å²) in [5.74, 6) is 0.942. The zero-order valence-electron chi connectivity index (χ0n) is 11.5. The molecule has 0 saturated carbocycles. The Hall–Kier alpha value is -1.11. The van der Waals surface area contributed by atoms with E-state index in [9.17, 15) is 8.42 Å². The lowest BCUT2D eigenvalue weighted by molar-refractivity contribution is 0.299. The number of likely N-dealkylation sites (N-methyl/N-ethyl adjacent to an activating group) is 1. The second-order valence-corrected chi connectivity index (χ2v) is 6.90. The van der Waals surface area contributed by atoms with Gasteiger partial charge in [0.25, 0.3) is 0 Å². The average Bonchev–Trinajstić information content (AvgIpc) is 2.74. The molecule has 0 fully saturated rings. The number of nitrogens with one attached hydrogen (secondary N) is 1. The minimum atomic E-state index is -3.17. The summed E-state index contributed by atoms with van der Waals surface area (Å²) >= 11 is 0. The van der Waals surface area contributed by atoms with E-state index in [1.165, 1.54) is 11.8 Å². The summed E-state index contributed by atoms with van der Waals surface area (Å²) in [6.45, 7) is 1.10. The number of rotatable bonds is 5. The number of fused-ring (bicyclic) bond motifs is 1. The Balaban J connectivity index is 2.19. The van der Waals surface area contributed by atoms with Crippen molar-refractivity contribution in [3.05, 3.63) is 29.3 Å². The molecule has 0 radical (unpaired) electrons. The van der Waals surface area contributed by atoms with E-state index in [1.54, 1.807) is 0 Å². The third-order valence-electron chi connectivity index (χ3n) is 3.26. The molecule has 0 amide bonds. The normalized spacial score (nSPS) is 16.2. The molecule has 2 rings (SSSR count). The fourth-order valence-corrected chi connectivity index (χ4v) is 2.70. The Bertz CT molecular complexity index is 555. The summed E-state index contributed by atoms with van der Waals surface area (Å²) in [4.78, 5) is 2.01. The molecule has 0 saturated heterocycles. The topological polar surface area (TPSA) is 58.6 Å². The first-order valence-electron chi connectivity index (χ1n) is 6.23. The molecule has 0 spiro atoms. The van der Waals surface area contributed by atoms with E-state index in [-0.39, 0.29) is 6.04 Å². The van der Waals surface area contributed by atoms with Crippen LogP contribution in [-0.2, 0) is 16.4 Å². The Labute approximate surface area is 114 Å². The molecule has 1 N–H and O–H groups in total. The number of hydrogen-bond acceptors (Lipinski definition) is 4. The van der Waals surface area contributed by atoms with E-state index in [0.29, 0.717) is 6.54 Å². The molecule has 19 heavy (non-hydrogen) atoms. The predicted molar refractivity (Wildman–Crippen MR) is 74.9 cm³/mol. The van der Waals surface area contributed by atoms with E-state index < -0.39 is 10.0 Å². The highest BCUT2D eigenvalue weighted by Crippen LogP contribution is 2.29. The quantitative estimate of drug-likeness (QED) is 0.868. The average molecular weight is 284 g/mol. The molecule has 1 aliphatic rings. The van der Waals surface area contributed by atoms with Gasteiger partial charge in [0, 0.05) is 19.0 Å². The molecule has 0 aliphatic carbocycles. The number of ether oxygens (including phenoxy) is 1. The van der Waals surface area contributed by atoms with Crippen molar-refractivity contribution in [2.24, 2.45) is 0 Å². The van der Waals surface area contributed by atoms with E-state index >= 15 is 0 Å². The minimum absolute atomic E-state index is 0.0145. The van der Waals surface area contributed by atoms with Gasteiger partial charge in [-0.25, -0.2) is 13.1 Å². The smallest absolute Gasteiger partial charge is 0.208 e. The molecular formula is C13H20N2O3S. The Morgan fingerprint density at radius 1 is 1.42 bits per heavy atom. The van der Waals surface area contributed by atoms with Crippen LogP contribution in [0.25, 0.3) is 0 Å². The largest absolute Gasteiger partial charge is 0.493 e. The lowest BCUT2D eigenvalue weighted by Gasteiger charge is -2.25. The summed E-state index contributed by atoms with van der Waals surface area (Å²) in [6, 6.07) is 6.09. The molecule has 6 heteroatoms. The lowest BCUT2D eigenvalue weighted by atomic mass is 10.0. The molecule has 0 bridgehead atoms. The van der Waals surface area contributed by atoms with E-state index in [0.717, 1.165) is 24.3 Å². The zero-order chi connectivity index (χ0) is 14.0. The summed E-state index contributed by atoms with van der Waals surface area (Å²) in [6.07, 6.45) is 2.10. The van der Waals surface area contributed by atoms with Crippen LogP contribution in [0.5, 0.6) is 5.75 Å². The highest BCUT2D eigenvalue weighted by molar-refractivity contribution is 7.88. The second kappa shape index (κ2) is 5.48. The van der Waals surface area contributed by atoms with Crippen LogP contribution >= 0.6 is 0 Å². The minimum Gasteiger partial charge on any atom is -0.493 e. The monoisotopic (exact) mass is 284 g/mol. The summed E-state index contributed by atoms with van der Waals surface area (Å²) in [5.41, 5.74) is 2.30. The van der Waals surface area contributed by atoms with Gasteiger partial charge in [0.15, 0.2) is 0 Å². The lowest BCUT2D eigenvalue weighted by Crippen LogP contribution is -2.34. The maximum atomic E-state index is 11.2. The molecule has 0 unspecified atom stereocenters. The third kappa shape index (κ3) is 3.68. The number of nitrogens with zero attached hydrogens (tertiary/aromatic N) is 1. The van der Waals surface area contributed by atoms with E-state index in [1.807, 2.05) is 31.1 Å². The number of benzene rings is 1. The van der Waals surface area contributed by atoms with Crippen LogP contribution in [0.2, 0.25) is 0 Å². The summed E-state index contributed by atoms with van der Waals surface area (Å²) in [5, 5.41) is 0. The summed E-state index contributed by atoms with van der Waals surface area (Å²) in [7, 11) is 0.712. The number of sulfonamides is 1. The molecule has 1 aromatic rings. The molecule has 1 aromatic carbocycles. The van der Waals surface area contributed by atoms with Gasteiger partial charge < -0.3 is 9.64 Å². The molecule has 1 atom stereocenters. The van der Waals surface area contributed by atoms with Gasteiger partial charge in [-0.1, -0.05) is 12.1 Å². The van der Waals surface area contributed by atoms with Crippen molar-refractivity contribution < 1.29 is 13.2 Å². The van der Waals surface area contributed by atoms with Crippen molar-refractivity contribution in [2.45, 2.75) is 12.5 Å². The van der Waals surface area contributed by atoms with Crippen molar-refractivity contribution >= 4 is 10.0 Å². The zero-order valence-corrected chi connectivity index (χ0v) is 12.3. The predicted octanol–water partition coefficient (Wildman–Crippen LogP) is 0.773. The molecule has 0 aromatic heterocycles. The van der Waals surface area contributed by atoms with Crippen molar-refractivity contribution in [3.63, 3.8) is 0 Å². The Morgan fingerprint density at radius 3 is 2.79 bits per heavy atom. The summed E-state index contributed by atoms with van der Waals surface area (Å²) < 4.78 is 30.5. The first-order valence-corrected chi connectivity index (χ1v) is 8.12. The molecule has 106 valence electrons. The molecule has 1 aliphatic heterocycles. The first-order chi connectivity index (χ1) is 8.87. The Morgan fingerprint density at radius 2 is 2.16 bits per heavy atom. The standard InChI is InChI=1S/C13H20N2O3S/c1-15(2)12(9-14-19(3,16)17)10-4-5-13-11(8-10)6-7-18-13/h4-5,8,12,14H,6-7,9H2,1-3H3/t12-/m1/s1. The van der Waals surface area contributed by atoms with Crippen LogP contribution in [-0.4, -0.2) is 46.8 Å². The third-order valence-corrected chi connectivity index (χ3v) is 3.95. The Kier molecular flexibility index (Phi) is 4.13. The van der Waals surface area contributed by atoms with E-state index in [4.69, 9.17) is 4.74 Å². The SMILES string of the molecule is CN(C)[C@H](CNS(C)(=O)=O)c1ccc2c(c1)CCO2. The second-order valence-electron chi connectivity index (χ2n) is 5.07. The fourth-order valence-electron chi connectivity index (χ4n) is 2.24. The van der Waals surface area contributed by atoms with Gasteiger partial charge in [0.05, 0.1) is 12.9 Å². The van der Waals surface area contributed by atoms with Crippen molar-refractivity contribution in [1.29, 1.82) is 0 Å². The van der Waals surface area contributed by atoms with Gasteiger partial charge >= 0.3 is 0 Å². The first kappa shape index (κ1) is 14.3. The van der Waals surface area contributed by atoms with E-state index in [2.05, 4.69) is 10.8 Å². The molecule has 1 heterocycles. The van der Waals surface area contributed by atoms with Gasteiger partial charge in [-0.3, -0.25) is 0 Å². The van der Waals surface area contributed by atoms with Gasteiger partial charge in [0.2, 0.25) is 10.0 Å². The van der Waals surface area contributed by atoms with Gasteiger partial charge in [-0.15, -0.1) is 0 Å². The van der Waals surface area contributed by atoms with Crippen molar-refractivity contribution in [1.82, 2.24) is 9.62 Å². The maximum Gasteiger partial charge on any atom is 0.208 e. The highest BCUT2D eigenvalue weighted by atomic mass is 32.2. The van der Waals surface area contributed by atoms with Crippen molar-refractivity contribution in [2.75, 3.05) is 33.5 Å². The van der Waals surface area contributed by atoms with Crippen LogP contribution in [0.4, 0.5) is 0 Å². The number of hydrogen-bond donors (Lipinski definition) is 1. The maximum absolute atomic E-state index is 11.2. The van der Waals surface area contributed by atoms with Crippen LogP contribution < -0.4 is 9.46 Å². The van der Waals surface area contributed by atoms with Crippen LogP contribution in [0.15, 0.2) is 18.2 Å². The van der Waals surface area contributed by atoms with Crippen molar-refractivity contribution in [3.8, 4) is 5.75 Å². The highest BCUT2D eigenvalue weighted by Gasteiger charge is 2.19. The van der Waals surface area contributed by atoms with Crippen LogP contribution in [0.3, 0.4) is 0 Å². The molecular weight excluding hydrogens is 264 g/mol. The van der Waals surface area contributed by atoms with Gasteiger partial charge in [-0.05, 0) is 31.3 Å². The van der Waals surface area contributed by atoms with Gasteiger partial charge in [-0.2, -0.15) is 0 Å². The van der Waals surface area contributed by atoms with Crippen LogP contribution in [0, 0.1) is 0 Å². The van der Waals surface area contributed by atoms with Gasteiger partial charge in [0.1, 0.15) is 5.75 Å². The fraction of sp³-hybridized carbons (Fsp3) is 0.538. The van der Waals surface area contributed by atoms with Crippen LogP contribution in [0.1, 0.15) is 17.2 Å². The molecule has 5 nitrogen and oxygen atoms in total.